The second-order valence-electron chi connectivity index (χ2n) is 8.58. The van der Waals surface area contributed by atoms with E-state index in [9.17, 15) is 19.2 Å². The SMILES string of the molecule is O=C(C(=O)N1CCOCC1)C(Cc1ccccc1)NC(=O)C1CCC(=O)N1Cc1ccccc1. The van der Waals surface area contributed by atoms with Gasteiger partial charge in [0.05, 0.1) is 13.2 Å². The van der Waals surface area contributed by atoms with Crippen LogP contribution in [-0.2, 0) is 36.9 Å². The number of likely N-dealkylation sites (tertiary alicyclic amines) is 1. The Hall–Kier alpha value is -3.52. The average Bonchev–Trinajstić information content (AvgIpc) is 3.24. The Balaban J connectivity index is 1.50. The zero-order valence-corrected chi connectivity index (χ0v) is 19.0. The Kier molecular flexibility index (Phi) is 7.69. The van der Waals surface area contributed by atoms with Gasteiger partial charge in [-0.15, -0.1) is 0 Å². The van der Waals surface area contributed by atoms with Crippen molar-refractivity contribution < 1.29 is 23.9 Å². The molecule has 2 saturated heterocycles. The predicted molar refractivity (Wildman–Crippen MR) is 124 cm³/mol. The summed E-state index contributed by atoms with van der Waals surface area (Å²) < 4.78 is 5.28. The van der Waals surface area contributed by atoms with E-state index in [4.69, 9.17) is 4.74 Å². The van der Waals surface area contributed by atoms with Crippen LogP contribution in [-0.4, -0.2) is 71.7 Å². The van der Waals surface area contributed by atoms with Crippen molar-refractivity contribution >= 4 is 23.5 Å². The molecule has 1 N–H and O–H groups in total. The van der Waals surface area contributed by atoms with Crippen LogP contribution in [0.5, 0.6) is 0 Å². The maximum Gasteiger partial charge on any atom is 0.292 e. The van der Waals surface area contributed by atoms with E-state index >= 15 is 0 Å². The van der Waals surface area contributed by atoms with Crippen LogP contribution < -0.4 is 5.32 Å². The number of amides is 3. The number of hydrogen-bond acceptors (Lipinski definition) is 5. The van der Waals surface area contributed by atoms with E-state index in [1.807, 2.05) is 60.7 Å². The van der Waals surface area contributed by atoms with Gasteiger partial charge in [0.25, 0.3) is 5.91 Å². The van der Waals surface area contributed by atoms with E-state index in [1.165, 1.54) is 4.90 Å². The number of benzene rings is 2. The Bertz CT molecular complexity index is 1020. The molecule has 0 saturated carbocycles. The highest BCUT2D eigenvalue weighted by atomic mass is 16.5. The molecule has 2 fully saturated rings. The number of hydrogen-bond donors (Lipinski definition) is 1. The number of nitrogens with zero attached hydrogens (tertiary/aromatic N) is 2. The topological polar surface area (TPSA) is 96.0 Å². The summed E-state index contributed by atoms with van der Waals surface area (Å²) in [7, 11) is 0. The van der Waals surface area contributed by atoms with Crippen LogP contribution in [0.1, 0.15) is 24.0 Å². The van der Waals surface area contributed by atoms with E-state index in [1.54, 1.807) is 4.90 Å². The monoisotopic (exact) mass is 463 g/mol. The summed E-state index contributed by atoms with van der Waals surface area (Å²) >= 11 is 0. The summed E-state index contributed by atoms with van der Waals surface area (Å²) in [6.07, 6.45) is 0.844. The molecule has 2 aromatic rings. The van der Waals surface area contributed by atoms with Crippen molar-refractivity contribution in [2.24, 2.45) is 0 Å². The summed E-state index contributed by atoms with van der Waals surface area (Å²) in [4.78, 5) is 54.9. The standard InChI is InChI=1S/C26H29N3O5/c30-23-12-11-22(29(23)18-20-9-5-2-6-10-20)25(32)27-21(17-19-7-3-1-4-8-19)24(31)26(33)28-13-15-34-16-14-28/h1-10,21-22H,11-18H2,(H,27,32). The molecule has 2 atom stereocenters. The molecule has 2 aliphatic rings. The van der Waals surface area contributed by atoms with Gasteiger partial charge in [-0.3, -0.25) is 19.2 Å². The van der Waals surface area contributed by atoms with Crippen LogP contribution in [0.15, 0.2) is 60.7 Å². The number of ketones is 1. The highest BCUT2D eigenvalue weighted by Crippen LogP contribution is 2.22. The van der Waals surface area contributed by atoms with Gasteiger partial charge < -0.3 is 19.9 Å². The average molecular weight is 464 g/mol. The van der Waals surface area contributed by atoms with Crippen LogP contribution in [0.4, 0.5) is 0 Å². The maximum atomic E-state index is 13.3. The van der Waals surface area contributed by atoms with Crippen molar-refractivity contribution in [1.82, 2.24) is 15.1 Å². The van der Waals surface area contributed by atoms with Gasteiger partial charge >= 0.3 is 0 Å². The molecule has 0 aromatic heterocycles. The normalized spacial score (nSPS) is 19.1. The molecule has 2 aromatic carbocycles. The molecular weight excluding hydrogens is 434 g/mol. The van der Waals surface area contributed by atoms with Gasteiger partial charge in [0.15, 0.2) is 0 Å². The van der Waals surface area contributed by atoms with E-state index in [0.717, 1.165) is 11.1 Å². The van der Waals surface area contributed by atoms with Crippen molar-refractivity contribution in [1.29, 1.82) is 0 Å². The molecule has 34 heavy (non-hydrogen) atoms. The van der Waals surface area contributed by atoms with Crippen LogP contribution >= 0.6 is 0 Å². The summed E-state index contributed by atoms with van der Waals surface area (Å²) in [5, 5.41) is 2.80. The highest BCUT2D eigenvalue weighted by Gasteiger charge is 2.39. The summed E-state index contributed by atoms with van der Waals surface area (Å²) in [5.41, 5.74) is 1.76. The second kappa shape index (κ2) is 11.1. The third-order valence-electron chi connectivity index (χ3n) is 6.25. The number of carbonyl (C=O) groups is 4. The number of rotatable bonds is 8. The zero-order valence-electron chi connectivity index (χ0n) is 19.0. The van der Waals surface area contributed by atoms with Crippen LogP contribution in [0, 0.1) is 0 Å². The van der Waals surface area contributed by atoms with Crippen LogP contribution in [0.25, 0.3) is 0 Å². The fourth-order valence-electron chi connectivity index (χ4n) is 4.38. The smallest absolute Gasteiger partial charge is 0.292 e. The van der Waals surface area contributed by atoms with E-state index < -0.39 is 29.7 Å². The third-order valence-corrected chi connectivity index (χ3v) is 6.25. The summed E-state index contributed by atoms with van der Waals surface area (Å²) in [6, 6.07) is 17.0. The molecule has 3 amide bonds. The predicted octanol–water partition coefficient (Wildman–Crippen LogP) is 1.33. The molecule has 8 nitrogen and oxygen atoms in total. The molecule has 178 valence electrons. The quantitative estimate of drug-likeness (QED) is 0.596. The van der Waals surface area contributed by atoms with Crippen molar-refractivity contribution in [2.45, 2.75) is 37.9 Å². The van der Waals surface area contributed by atoms with Crippen LogP contribution in [0.3, 0.4) is 0 Å². The fourth-order valence-corrected chi connectivity index (χ4v) is 4.38. The number of morpholine rings is 1. The number of Topliss-reactive ketones (excluding diaryl/α,β-unsaturated/α-hetero) is 1. The number of carbonyl (C=O) groups excluding carboxylic acids is 4. The molecular formula is C26H29N3O5. The molecule has 0 bridgehead atoms. The van der Waals surface area contributed by atoms with E-state index in [2.05, 4.69) is 5.32 Å². The van der Waals surface area contributed by atoms with Gasteiger partial charge in [-0.05, 0) is 17.5 Å². The lowest BCUT2D eigenvalue weighted by Crippen LogP contribution is -2.55. The fraction of sp³-hybridized carbons (Fsp3) is 0.385. The molecule has 8 heteroatoms. The lowest BCUT2D eigenvalue weighted by atomic mass is 10.0. The molecule has 2 heterocycles. The third kappa shape index (κ3) is 5.69. The van der Waals surface area contributed by atoms with Gasteiger partial charge in [0, 0.05) is 32.5 Å². The first-order valence-electron chi connectivity index (χ1n) is 11.6. The van der Waals surface area contributed by atoms with E-state index in [-0.39, 0.29) is 18.7 Å². The molecule has 0 radical (unpaired) electrons. The molecule has 4 rings (SSSR count). The summed E-state index contributed by atoms with van der Waals surface area (Å²) in [5.74, 6) is -1.78. The molecule has 2 unspecified atom stereocenters. The van der Waals surface area contributed by atoms with Crippen molar-refractivity contribution in [3.63, 3.8) is 0 Å². The molecule has 0 spiro atoms. The Morgan fingerprint density at radius 2 is 1.56 bits per heavy atom. The van der Waals surface area contributed by atoms with Crippen molar-refractivity contribution in [3.05, 3.63) is 71.8 Å². The largest absolute Gasteiger partial charge is 0.378 e. The lowest BCUT2D eigenvalue weighted by molar-refractivity contribution is -0.149. The van der Waals surface area contributed by atoms with Crippen molar-refractivity contribution in [2.75, 3.05) is 26.3 Å². The van der Waals surface area contributed by atoms with Gasteiger partial charge in [-0.1, -0.05) is 60.7 Å². The second-order valence-corrected chi connectivity index (χ2v) is 8.58. The van der Waals surface area contributed by atoms with Gasteiger partial charge in [0.2, 0.25) is 17.6 Å². The minimum Gasteiger partial charge on any atom is -0.378 e. The minimum atomic E-state index is -1.01. The maximum absolute atomic E-state index is 13.3. The molecule has 2 aliphatic heterocycles. The van der Waals surface area contributed by atoms with Crippen molar-refractivity contribution in [3.8, 4) is 0 Å². The van der Waals surface area contributed by atoms with Gasteiger partial charge in [-0.2, -0.15) is 0 Å². The first-order chi connectivity index (χ1) is 16.5. The van der Waals surface area contributed by atoms with E-state index in [0.29, 0.717) is 39.3 Å². The number of nitrogens with one attached hydrogen (secondary N) is 1. The summed E-state index contributed by atoms with van der Waals surface area (Å²) in [6.45, 7) is 1.78. The highest BCUT2D eigenvalue weighted by molar-refractivity contribution is 6.38. The zero-order chi connectivity index (χ0) is 23.9. The van der Waals surface area contributed by atoms with Gasteiger partial charge in [-0.25, -0.2) is 0 Å². The van der Waals surface area contributed by atoms with Gasteiger partial charge in [0.1, 0.15) is 12.1 Å². The Morgan fingerprint density at radius 3 is 2.21 bits per heavy atom. The Morgan fingerprint density at radius 1 is 0.941 bits per heavy atom. The Labute approximate surface area is 198 Å². The minimum absolute atomic E-state index is 0.0978. The first kappa shape index (κ1) is 23.6. The lowest BCUT2D eigenvalue weighted by Gasteiger charge is -2.29. The number of ether oxygens (including phenoxy) is 1. The first-order valence-corrected chi connectivity index (χ1v) is 11.6. The van der Waals surface area contributed by atoms with Crippen LogP contribution in [0.2, 0.25) is 0 Å². The molecule has 0 aliphatic carbocycles.